The van der Waals surface area contributed by atoms with Crippen molar-refractivity contribution in [3.05, 3.63) is 21.9 Å². The summed E-state index contributed by atoms with van der Waals surface area (Å²) in [6.07, 6.45) is -0.0286. The van der Waals surface area contributed by atoms with E-state index < -0.39 is 16.5 Å². The minimum Gasteiger partial charge on any atom is -0.396 e. The topological polar surface area (TPSA) is 69.6 Å². The number of alkyl halides is 2. The number of hydrogen-bond donors (Lipinski definition) is 3. The smallest absolute Gasteiger partial charge is 0.255 e. The Balaban J connectivity index is 2.93. The highest BCUT2D eigenvalue weighted by Gasteiger charge is 2.33. The van der Waals surface area contributed by atoms with E-state index in [9.17, 15) is 9.90 Å². The van der Waals surface area contributed by atoms with Crippen LogP contribution in [-0.2, 0) is 10.5 Å². The van der Waals surface area contributed by atoms with Crippen LogP contribution in [0.3, 0.4) is 0 Å². The van der Waals surface area contributed by atoms with E-state index in [0.717, 1.165) is 5.56 Å². The second-order valence-electron chi connectivity index (χ2n) is 3.61. The number of nitrogens with one attached hydrogen (secondary N) is 1. The predicted octanol–water partition coefficient (Wildman–Crippen LogP) is 1.50. The molecule has 0 bridgehead atoms. The first kappa shape index (κ1) is 14.7. The minimum atomic E-state index is -1.63. The Morgan fingerprint density at radius 2 is 2.29 bits per heavy atom. The van der Waals surface area contributed by atoms with Gasteiger partial charge in [0.15, 0.2) is 10.6 Å². The third-order valence-electron chi connectivity index (χ3n) is 2.14. The van der Waals surface area contributed by atoms with Crippen LogP contribution in [0.4, 0.5) is 0 Å². The number of amides is 1. The van der Waals surface area contributed by atoms with Crippen molar-refractivity contribution in [1.29, 1.82) is 0 Å². The van der Waals surface area contributed by atoms with Crippen molar-refractivity contribution in [3.8, 4) is 0 Å². The molecule has 0 fully saturated rings. The van der Waals surface area contributed by atoms with Crippen LogP contribution < -0.4 is 5.32 Å². The molecule has 1 rings (SSSR count). The highest BCUT2D eigenvalue weighted by molar-refractivity contribution is 7.10. The largest absolute Gasteiger partial charge is 0.396 e. The van der Waals surface area contributed by atoms with Crippen LogP contribution in [0, 0.1) is 6.92 Å². The van der Waals surface area contributed by atoms with E-state index in [4.69, 9.17) is 28.3 Å². The van der Waals surface area contributed by atoms with Gasteiger partial charge >= 0.3 is 0 Å². The Kier molecular flexibility index (Phi) is 5.22. The van der Waals surface area contributed by atoms with Crippen molar-refractivity contribution in [3.63, 3.8) is 0 Å². The van der Waals surface area contributed by atoms with E-state index in [1.807, 2.05) is 12.3 Å². The van der Waals surface area contributed by atoms with Crippen molar-refractivity contribution >= 4 is 40.4 Å². The maximum atomic E-state index is 11.4. The summed E-state index contributed by atoms with van der Waals surface area (Å²) in [6, 6.07) is 1.73. The molecule has 0 radical (unpaired) electrons. The highest BCUT2D eigenvalue weighted by Crippen LogP contribution is 2.28. The molecule has 1 atom stereocenters. The minimum absolute atomic E-state index is 0.0286. The second-order valence-corrected chi connectivity index (χ2v) is 5.62. The van der Waals surface area contributed by atoms with Crippen LogP contribution in [0.1, 0.15) is 16.9 Å². The normalized spacial score (nSPS) is 14.7. The van der Waals surface area contributed by atoms with E-state index in [0.29, 0.717) is 4.88 Å². The number of aliphatic hydroxyl groups is 2. The van der Waals surface area contributed by atoms with Gasteiger partial charge in [0.1, 0.15) is 0 Å². The monoisotopic (exact) mass is 297 g/mol. The molecule has 4 nitrogen and oxygen atoms in total. The molecular formula is C10H13Cl2NO3S. The van der Waals surface area contributed by atoms with Crippen LogP contribution in [-0.4, -0.2) is 27.6 Å². The van der Waals surface area contributed by atoms with Gasteiger partial charge in [0.25, 0.3) is 5.91 Å². The molecule has 3 N–H and O–H groups in total. The van der Waals surface area contributed by atoms with Gasteiger partial charge in [0, 0.05) is 13.0 Å². The molecule has 7 heteroatoms. The Morgan fingerprint density at radius 3 is 2.71 bits per heavy atom. The summed E-state index contributed by atoms with van der Waals surface area (Å²) < 4.78 is 0. The fraction of sp³-hybridized carbons (Fsp3) is 0.500. The Morgan fingerprint density at radius 1 is 1.65 bits per heavy atom. The number of hydrogen-bond acceptors (Lipinski definition) is 4. The Hall–Kier alpha value is -0.330. The van der Waals surface area contributed by atoms with Gasteiger partial charge in [-0.15, -0.1) is 11.3 Å². The molecule has 0 spiro atoms. The molecule has 1 unspecified atom stereocenters. The first-order valence-corrected chi connectivity index (χ1v) is 6.63. The summed E-state index contributed by atoms with van der Waals surface area (Å²) >= 11 is 12.1. The standard InChI is InChI=1S/C10H13Cl2NO3S/c1-6-4-7(17-5-6)10(16,2-3-14)13-9(15)8(11)12/h4-5,8,14,16H,2-3H2,1H3,(H,13,15). The Bertz CT molecular complexity index is 397. The van der Waals surface area contributed by atoms with E-state index in [1.165, 1.54) is 11.3 Å². The predicted molar refractivity (Wildman–Crippen MR) is 68.3 cm³/mol. The molecule has 0 aliphatic carbocycles. The number of carbonyl (C=O) groups is 1. The zero-order chi connectivity index (χ0) is 13.1. The number of carbonyl (C=O) groups excluding carboxylic acids is 1. The van der Waals surface area contributed by atoms with Gasteiger partial charge in [-0.05, 0) is 23.9 Å². The van der Waals surface area contributed by atoms with Gasteiger partial charge in [0.05, 0.1) is 4.88 Å². The lowest BCUT2D eigenvalue weighted by Crippen LogP contribution is -2.47. The third-order valence-corrected chi connectivity index (χ3v) is 3.74. The molecule has 1 amide bonds. The lowest BCUT2D eigenvalue weighted by molar-refractivity contribution is -0.128. The SMILES string of the molecule is Cc1csc(C(O)(CCO)NC(=O)C(Cl)Cl)c1. The van der Waals surface area contributed by atoms with Gasteiger partial charge in [-0.2, -0.15) is 0 Å². The van der Waals surface area contributed by atoms with Crippen molar-refractivity contribution < 1.29 is 15.0 Å². The van der Waals surface area contributed by atoms with Crippen molar-refractivity contribution in [2.45, 2.75) is 23.9 Å². The molecule has 1 heterocycles. The molecule has 0 aliphatic rings. The number of thiophene rings is 1. The molecule has 17 heavy (non-hydrogen) atoms. The van der Waals surface area contributed by atoms with Crippen LogP contribution in [0.2, 0.25) is 0 Å². The maximum Gasteiger partial charge on any atom is 0.255 e. The first-order valence-electron chi connectivity index (χ1n) is 4.88. The third kappa shape index (κ3) is 3.82. The fourth-order valence-corrected chi connectivity index (χ4v) is 2.41. The van der Waals surface area contributed by atoms with E-state index in [1.54, 1.807) is 6.07 Å². The van der Waals surface area contributed by atoms with Crippen molar-refractivity contribution in [1.82, 2.24) is 5.32 Å². The fourth-order valence-electron chi connectivity index (χ4n) is 1.32. The van der Waals surface area contributed by atoms with Crippen molar-refractivity contribution in [2.75, 3.05) is 6.61 Å². The van der Waals surface area contributed by atoms with Crippen LogP contribution in [0.5, 0.6) is 0 Å². The zero-order valence-corrected chi connectivity index (χ0v) is 11.4. The summed E-state index contributed by atoms with van der Waals surface area (Å²) in [5.74, 6) is -0.699. The van der Waals surface area contributed by atoms with Gasteiger partial charge < -0.3 is 15.5 Å². The number of halogens is 2. The quantitative estimate of drug-likeness (QED) is 0.570. The molecule has 96 valence electrons. The van der Waals surface area contributed by atoms with Crippen LogP contribution in [0.15, 0.2) is 11.4 Å². The molecule has 0 saturated carbocycles. The Labute approximate surface area is 113 Å². The summed E-state index contributed by atoms with van der Waals surface area (Å²) in [6.45, 7) is 1.59. The van der Waals surface area contributed by atoms with E-state index >= 15 is 0 Å². The van der Waals surface area contributed by atoms with Gasteiger partial charge in [0.2, 0.25) is 0 Å². The summed E-state index contributed by atoms with van der Waals surface area (Å²) in [4.78, 5) is 10.7. The summed E-state index contributed by atoms with van der Waals surface area (Å²) in [7, 11) is 0. The number of rotatable bonds is 5. The van der Waals surface area contributed by atoms with Crippen LogP contribution in [0.25, 0.3) is 0 Å². The van der Waals surface area contributed by atoms with Gasteiger partial charge in [-0.1, -0.05) is 23.2 Å². The second kappa shape index (κ2) is 6.02. The van der Waals surface area contributed by atoms with Crippen molar-refractivity contribution in [2.24, 2.45) is 0 Å². The molecule has 1 aromatic rings. The molecular weight excluding hydrogens is 285 g/mol. The average molecular weight is 298 g/mol. The molecule has 0 saturated heterocycles. The average Bonchev–Trinajstić information content (AvgIpc) is 2.65. The molecule has 0 aromatic carbocycles. The lowest BCUT2D eigenvalue weighted by Gasteiger charge is -2.27. The van der Waals surface area contributed by atoms with Gasteiger partial charge in [-0.3, -0.25) is 4.79 Å². The molecule has 0 aliphatic heterocycles. The summed E-state index contributed by atoms with van der Waals surface area (Å²) in [5.41, 5.74) is -0.670. The van der Waals surface area contributed by atoms with E-state index in [-0.39, 0.29) is 13.0 Å². The van der Waals surface area contributed by atoms with Crippen LogP contribution >= 0.6 is 34.5 Å². The maximum absolute atomic E-state index is 11.4. The lowest BCUT2D eigenvalue weighted by atomic mass is 10.1. The van der Waals surface area contributed by atoms with E-state index in [2.05, 4.69) is 5.32 Å². The highest BCUT2D eigenvalue weighted by atomic mass is 35.5. The number of aliphatic hydroxyl groups excluding tert-OH is 1. The summed E-state index contributed by atoms with van der Waals surface area (Å²) in [5, 5.41) is 23.4. The first-order chi connectivity index (χ1) is 7.89. The van der Waals surface area contributed by atoms with Gasteiger partial charge in [-0.25, -0.2) is 0 Å². The zero-order valence-electron chi connectivity index (χ0n) is 9.11. The number of aryl methyl sites for hydroxylation is 1. The molecule has 1 aromatic heterocycles.